The summed E-state index contributed by atoms with van der Waals surface area (Å²) in [5.41, 5.74) is 0. The normalized spacial score (nSPS) is 12.6. The number of benzene rings is 1. The van der Waals surface area contributed by atoms with Gasteiger partial charge in [0.05, 0.1) is 12.9 Å². The van der Waals surface area contributed by atoms with Gasteiger partial charge in [-0.25, -0.2) is 12.8 Å². The van der Waals surface area contributed by atoms with E-state index in [1.165, 1.54) is 35.5 Å². The van der Waals surface area contributed by atoms with Gasteiger partial charge >= 0.3 is 11.9 Å². The van der Waals surface area contributed by atoms with E-state index in [0.29, 0.717) is 38.2 Å². The Bertz CT molecular complexity index is 856. The van der Waals surface area contributed by atoms with Crippen molar-refractivity contribution in [1.29, 1.82) is 0 Å². The Morgan fingerprint density at radius 2 is 1.79 bits per heavy atom. The maximum atomic E-state index is 13.0. The number of carbonyl (C=O) groups is 2. The van der Waals surface area contributed by atoms with Crippen LogP contribution >= 0.6 is 0 Å². The summed E-state index contributed by atoms with van der Waals surface area (Å²) in [6.45, 7) is 3.86. The molecule has 0 heterocycles. The summed E-state index contributed by atoms with van der Waals surface area (Å²) < 4.78 is 54.1. The molecule has 0 radical (unpaired) electrons. The van der Waals surface area contributed by atoms with Gasteiger partial charge in [0, 0.05) is 26.4 Å². The molecule has 10 heteroatoms. The van der Waals surface area contributed by atoms with Crippen LogP contribution in [0.4, 0.5) is 4.39 Å². The first kappa shape index (κ1) is 28.6. The smallest absolute Gasteiger partial charge is 0.305 e. The lowest BCUT2D eigenvalue weighted by molar-refractivity contribution is -0.145. The monoisotopic (exact) mass is 487 g/mol. The van der Waals surface area contributed by atoms with Crippen LogP contribution in [0.25, 0.3) is 0 Å². The molecule has 0 amide bonds. The molecule has 0 bridgehead atoms. The summed E-state index contributed by atoms with van der Waals surface area (Å²) in [7, 11) is -3.43. The standard InChI is InChI=1S/C23H34FNO7S/c1-4-30-23(27)11-7-5-6-8-16-25(33(3,28)29)17-9-10-22(32-19(2)26)18-31-21-14-12-20(24)13-15-21/h9-10,12-15,22H,4-8,11,16-18H2,1-3H3. The van der Waals surface area contributed by atoms with Gasteiger partial charge in [-0.15, -0.1) is 0 Å². The lowest BCUT2D eigenvalue weighted by Crippen LogP contribution is -2.31. The highest BCUT2D eigenvalue weighted by molar-refractivity contribution is 7.88. The number of nitrogens with zero attached hydrogens (tertiary/aromatic N) is 1. The van der Waals surface area contributed by atoms with Crippen molar-refractivity contribution in [2.45, 2.75) is 52.1 Å². The molecule has 1 aromatic rings. The van der Waals surface area contributed by atoms with Crippen molar-refractivity contribution in [1.82, 2.24) is 4.31 Å². The van der Waals surface area contributed by atoms with E-state index in [-0.39, 0.29) is 19.1 Å². The Balaban J connectivity index is 2.52. The molecule has 0 aromatic heterocycles. The molecule has 0 aliphatic carbocycles. The minimum absolute atomic E-state index is 0.00104. The topological polar surface area (TPSA) is 99.2 Å². The van der Waals surface area contributed by atoms with Crippen LogP contribution in [0.3, 0.4) is 0 Å². The van der Waals surface area contributed by atoms with E-state index >= 15 is 0 Å². The van der Waals surface area contributed by atoms with Crippen molar-refractivity contribution < 1.29 is 36.6 Å². The fraction of sp³-hybridized carbons (Fsp3) is 0.565. The van der Waals surface area contributed by atoms with Crippen LogP contribution in [-0.4, -0.2) is 63.3 Å². The van der Waals surface area contributed by atoms with Crippen molar-refractivity contribution in [3.63, 3.8) is 0 Å². The zero-order chi connectivity index (χ0) is 24.7. The van der Waals surface area contributed by atoms with E-state index in [0.717, 1.165) is 19.1 Å². The van der Waals surface area contributed by atoms with E-state index in [1.54, 1.807) is 19.1 Å². The van der Waals surface area contributed by atoms with Gasteiger partial charge in [0.2, 0.25) is 10.0 Å². The average molecular weight is 488 g/mol. The van der Waals surface area contributed by atoms with Crippen LogP contribution in [0.1, 0.15) is 46.0 Å². The first-order chi connectivity index (χ1) is 15.6. The number of rotatable bonds is 16. The van der Waals surface area contributed by atoms with E-state index < -0.39 is 27.9 Å². The lowest BCUT2D eigenvalue weighted by atomic mass is 10.1. The summed E-state index contributed by atoms with van der Waals surface area (Å²) >= 11 is 0. The minimum Gasteiger partial charge on any atom is -0.489 e. The molecule has 1 atom stereocenters. The summed E-state index contributed by atoms with van der Waals surface area (Å²) in [4.78, 5) is 22.7. The third-order valence-electron chi connectivity index (χ3n) is 4.52. The van der Waals surface area contributed by atoms with Gasteiger partial charge in [-0.2, -0.15) is 4.31 Å². The lowest BCUT2D eigenvalue weighted by Gasteiger charge is -2.19. The molecule has 33 heavy (non-hydrogen) atoms. The number of halogens is 1. The Kier molecular flexibility index (Phi) is 13.3. The quantitative estimate of drug-likeness (QED) is 0.200. The number of carbonyl (C=O) groups excluding carboxylic acids is 2. The number of unbranched alkanes of at least 4 members (excludes halogenated alkanes) is 3. The molecule has 0 saturated carbocycles. The molecule has 0 saturated heterocycles. The number of esters is 2. The molecule has 1 aromatic carbocycles. The van der Waals surface area contributed by atoms with Crippen LogP contribution in [0, 0.1) is 5.82 Å². The number of sulfonamides is 1. The molecule has 0 fully saturated rings. The molecule has 0 N–H and O–H groups in total. The second-order valence-electron chi connectivity index (χ2n) is 7.43. The average Bonchev–Trinajstić information content (AvgIpc) is 2.73. The second-order valence-corrected chi connectivity index (χ2v) is 9.41. The zero-order valence-electron chi connectivity index (χ0n) is 19.5. The molecule has 0 aliphatic heterocycles. The Morgan fingerprint density at radius 3 is 2.39 bits per heavy atom. The molecule has 186 valence electrons. The first-order valence-electron chi connectivity index (χ1n) is 10.9. The van der Waals surface area contributed by atoms with Gasteiger partial charge in [-0.05, 0) is 50.1 Å². The maximum absolute atomic E-state index is 13.0. The molecule has 1 unspecified atom stereocenters. The van der Waals surface area contributed by atoms with Crippen LogP contribution in [0.15, 0.2) is 36.4 Å². The predicted molar refractivity (Wildman–Crippen MR) is 123 cm³/mol. The third-order valence-corrected chi connectivity index (χ3v) is 5.79. The van der Waals surface area contributed by atoms with Crippen LogP contribution in [-0.2, 0) is 29.1 Å². The highest BCUT2D eigenvalue weighted by Gasteiger charge is 2.15. The third kappa shape index (κ3) is 13.6. The molecular weight excluding hydrogens is 453 g/mol. The highest BCUT2D eigenvalue weighted by atomic mass is 32.2. The van der Waals surface area contributed by atoms with E-state index in [9.17, 15) is 22.4 Å². The van der Waals surface area contributed by atoms with Crippen molar-refractivity contribution in [3.8, 4) is 5.75 Å². The maximum Gasteiger partial charge on any atom is 0.305 e. The minimum atomic E-state index is -3.43. The molecular formula is C23H34FNO7S. The van der Waals surface area contributed by atoms with Crippen molar-refractivity contribution in [2.75, 3.05) is 32.6 Å². The van der Waals surface area contributed by atoms with Crippen LogP contribution in [0.5, 0.6) is 5.75 Å². The summed E-state index contributed by atoms with van der Waals surface area (Å²) in [6.07, 6.45) is 6.92. The van der Waals surface area contributed by atoms with Gasteiger partial charge in [0.1, 0.15) is 18.2 Å². The van der Waals surface area contributed by atoms with Gasteiger partial charge < -0.3 is 14.2 Å². The summed E-state index contributed by atoms with van der Waals surface area (Å²) in [6, 6.07) is 5.43. The number of hydrogen-bond acceptors (Lipinski definition) is 7. The summed E-state index contributed by atoms with van der Waals surface area (Å²) in [5.74, 6) is -0.692. The van der Waals surface area contributed by atoms with Gasteiger partial charge in [0.15, 0.2) is 6.10 Å². The summed E-state index contributed by atoms with van der Waals surface area (Å²) in [5, 5.41) is 0. The number of ether oxygens (including phenoxy) is 3. The van der Waals surface area contributed by atoms with Gasteiger partial charge in [-0.3, -0.25) is 9.59 Å². The molecule has 1 rings (SSSR count). The van der Waals surface area contributed by atoms with Crippen molar-refractivity contribution >= 4 is 22.0 Å². The predicted octanol–water partition coefficient (Wildman–Crippen LogP) is 3.47. The first-order valence-corrected chi connectivity index (χ1v) is 12.8. The fourth-order valence-electron chi connectivity index (χ4n) is 2.92. The van der Waals surface area contributed by atoms with Gasteiger partial charge in [-0.1, -0.05) is 18.9 Å². The van der Waals surface area contributed by atoms with Crippen LogP contribution in [0.2, 0.25) is 0 Å². The Labute approximate surface area is 195 Å². The molecule has 0 spiro atoms. The van der Waals surface area contributed by atoms with Gasteiger partial charge in [0.25, 0.3) is 0 Å². The SMILES string of the molecule is CCOC(=O)CCCCCCN(CC=CC(COc1ccc(F)cc1)OC(C)=O)S(C)(=O)=O. The zero-order valence-corrected chi connectivity index (χ0v) is 20.3. The Hall–Kier alpha value is -2.46. The molecule has 8 nitrogen and oxygen atoms in total. The second kappa shape index (κ2) is 15.4. The largest absolute Gasteiger partial charge is 0.489 e. The van der Waals surface area contributed by atoms with Crippen LogP contribution < -0.4 is 4.74 Å². The van der Waals surface area contributed by atoms with Crippen molar-refractivity contribution in [3.05, 3.63) is 42.2 Å². The van der Waals surface area contributed by atoms with Crippen molar-refractivity contribution in [2.24, 2.45) is 0 Å². The van der Waals surface area contributed by atoms with E-state index in [2.05, 4.69) is 0 Å². The van der Waals surface area contributed by atoms with E-state index in [1.807, 2.05) is 0 Å². The highest BCUT2D eigenvalue weighted by Crippen LogP contribution is 2.13. The molecule has 0 aliphatic rings. The van der Waals surface area contributed by atoms with E-state index in [4.69, 9.17) is 14.2 Å². The fourth-order valence-corrected chi connectivity index (χ4v) is 3.74. The Morgan fingerprint density at radius 1 is 1.12 bits per heavy atom. The number of hydrogen-bond donors (Lipinski definition) is 0.